The van der Waals surface area contributed by atoms with Gasteiger partial charge in [0.2, 0.25) is 0 Å². The Morgan fingerprint density at radius 3 is 2.63 bits per heavy atom. The average molecular weight is 283 g/mol. The van der Waals surface area contributed by atoms with Crippen LogP contribution in [0.5, 0.6) is 5.75 Å². The van der Waals surface area contributed by atoms with Gasteiger partial charge in [0.05, 0.1) is 13.5 Å². The maximum Gasteiger partial charge on any atom is 0.303 e. The van der Waals surface area contributed by atoms with E-state index in [1.54, 1.807) is 7.11 Å². The highest BCUT2D eigenvalue weighted by molar-refractivity contribution is 6.31. The lowest BCUT2D eigenvalue weighted by atomic mass is 9.86. The molecule has 4 heteroatoms. The molecule has 1 aliphatic rings. The first-order chi connectivity index (χ1) is 8.95. The highest BCUT2D eigenvalue weighted by Gasteiger charge is 2.37. The summed E-state index contributed by atoms with van der Waals surface area (Å²) in [6.45, 7) is 3.88. The molecule has 1 saturated carbocycles. The molecule has 0 heterocycles. The van der Waals surface area contributed by atoms with Crippen LogP contribution in [0.1, 0.15) is 41.9 Å². The van der Waals surface area contributed by atoms with E-state index in [-0.39, 0.29) is 12.3 Å². The quantitative estimate of drug-likeness (QED) is 0.890. The number of aliphatic carboxylic acids is 1. The lowest BCUT2D eigenvalue weighted by Gasteiger charge is -2.22. The maximum absolute atomic E-state index is 11.1. The van der Waals surface area contributed by atoms with Crippen LogP contribution in [-0.2, 0) is 4.79 Å². The average Bonchev–Trinajstić information content (AvgIpc) is 3.14. The Morgan fingerprint density at radius 1 is 1.53 bits per heavy atom. The number of hydrogen-bond acceptors (Lipinski definition) is 2. The molecule has 1 aliphatic carbocycles. The summed E-state index contributed by atoms with van der Waals surface area (Å²) >= 11 is 6.25. The fourth-order valence-electron chi connectivity index (χ4n) is 2.78. The van der Waals surface area contributed by atoms with E-state index in [4.69, 9.17) is 21.4 Å². The van der Waals surface area contributed by atoms with Crippen LogP contribution in [0, 0.1) is 19.8 Å². The SMILES string of the molecule is COc1c(C)cc(Cl)c(C)c1C(CC(=O)O)C1CC1. The van der Waals surface area contributed by atoms with Gasteiger partial charge >= 0.3 is 5.97 Å². The molecule has 0 radical (unpaired) electrons. The Balaban J connectivity index is 2.53. The molecular formula is C15H19ClO3. The molecule has 1 unspecified atom stereocenters. The van der Waals surface area contributed by atoms with E-state index in [0.29, 0.717) is 10.9 Å². The summed E-state index contributed by atoms with van der Waals surface area (Å²) in [5.74, 6) is 0.474. The number of carbonyl (C=O) groups is 1. The van der Waals surface area contributed by atoms with Gasteiger partial charge in [0.25, 0.3) is 0 Å². The Labute approximate surface area is 118 Å². The Bertz CT molecular complexity index is 507. The molecule has 1 atom stereocenters. The van der Waals surface area contributed by atoms with Crippen molar-refractivity contribution >= 4 is 17.6 Å². The monoisotopic (exact) mass is 282 g/mol. The van der Waals surface area contributed by atoms with Crippen molar-refractivity contribution in [3.63, 3.8) is 0 Å². The highest BCUT2D eigenvalue weighted by Crippen LogP contribution is 2.49. The van der Waals surface area contributed by atoms with Crippen molar-refractivity contribution in [1.82, 2.24) is 0 Å². The molecule has 3 nitrogen and oxygen atoms in total. The summed E-state index contributed by atoms with van der Waals surface area (Å²) in [5, 5.41) is 9.83. The Morgan fingerprint density at radius 2 is 2.16 bits per heavy atom. The van der Waals surface area contributed by atoms with E-state index in [1.807, 2.05) is 19.9 Å². The summed E-state index contributed by atoms with van der Waals surface area (Å²) in [6, 6.07) is 1.88. The first-order valence-electron chi connectivity index (χ1n) is 6.51. The molecule has 1 N–H and O–H groups in total. The summed E-state index contributed by atoms with van der Waals surface area (Å²) in [4.78, 5) is 11.1. The number of benzene rings is 1. The lowest BCUT2D eigenvalue weighted by molar-refractivity contribution is -0.137. The predicted octanol–water partition coefficient (Wildman–Crippen LogP) is 3.93. The summed E-state index contributed by atoms with van der Waals surface area (Å²) < 4.78 is 5.50. The normalized spacial score (nSPS) is 16.2. The van der Waals surface area contributed by atoms with E-state index in [2.05, 4.69) is 0 Å². The van der Waals surface area contributed by atoms with E-state index in [9.17, 15) is 4.79 Å². The van der Waals surface area contributed by atoms with Crippen molar-refractivity contribution in [2.45, 2.75) is 39.0 Å². The van der Waals surface area contributed by atoms with Gasteiger partial charge in [-0.1, -0.05) is 11.6 Å². The van der Waals surface area contributed by atoms with Crippen molar-refractivity contribution in [1.29, 1.82) is 0 Å². The van der Waals surface area contributed by atoms with Crippen LogP contribution in [0.25, 0.3) is 0 Å². The minimum absolute atomic E-state index is 0.00449. The van der Waals surface area contributed by atoms with Crippen molar-refractivity contribution in [2.75, 3.05) is 7.11 Å². The fraction of sp³-hybridized carbons (Fsp3) is 0.533. The molecular weight excluding hydrogens is 264 g/mol. The number of hydrogen-bond donors (Lipinski definition) is 1. The molecule has 19 heavy (non-hydrogen) atoms. The van der Waals surface area contributed by atoms with Gasteiger partial charge in [0.15, 0.2) is 0 Å². The zero-order valence-electron chi connectivity index (χ0n) is 11.5. The first kappa shape index (κ1) is 14.2. The van der Waals surface area contributed by atoms with Gasteiger partial charge in [-0.3, -0.25) is 4.79 Å². The Kier molecular flexibility index (Phi) is 4.04. The minimum atomic E-state index is -0.768. The van der Waals surface area contributed by atoms with Crippen LogP contribution < -0.4 is 4.74 Å². The van der Waals surface area contributed by atoms with Crippen LogP contribution in [0.15, 0.2) is 6.07 Å². The minimum Gasteiger partial charge on any atom is -0.496 e. The molecule has 2 rings (SSSR count). The fourth-order valence-corrected chi connectivity index (χ4v) is 3.05. The Hall–Kier alpha value is -1.22. The van der Waals surface area contributed by atoms with E-state index < -0.39 is 5.97 Å². The second kappa shape index (κ2) is 5.41. The number of rotatable bonds is 5. The van der Waals surface area contributed by atoms with Crippen LogP contribution in [-0.4, -0.2) is 18.2 Å². The van der Waals surface area contributed by atoms with Crippen molar-refractivity contribution < 1.29 is 14.6 Å². The van der Waals surface area contributed by atoms with Gasteiger partial charge < -0.3 is 9.84 Å². The van der Waals surface area contributed by atoms with Crippen LogP contribution in [0.2, 0.25) is 5.02 Å². The van der Waals surface area contributed by atoms with Crippen LogP contribution in [0.4, 0.5) is 0 Å². The number of aryl methyl sites for hydroxylation is 1. The summed E-state index contributed by atoms with van der Waals surface area (Å²) in [7, 11) is 1.63. The highest BCUT2D eigenvalue weighted by atomic mass is 35.5. The first-order valence-corrected chi connectivity index (χ1v) is 6.88. The number of halogens is 1. The molecule has 1 aromatic rings. The molecule has 0 spiro atoms. The third-order valence-electron chi connectivity index (χ3n) is 3.87. The number of carboxylic acids is 1. The van der Waals surface area contributed by atoms with Crippen molar-refractivity contribution in [3.05, 3.63) is 27.8 Å². The number of carboxylic acid groups (broad SMARTS) is 1. The van der Waals surface area contributed by atoms with Crippen LogP contribution in [0.3, 0.4) is 0 Å². The van der Waals surface area contributed by atoms with Gasteiger partial charge in [0, 0.05) is 16.5 Å². The summed E-state index contributed by atoms with van der Waals surface area (Å²) in [6.07, 6.45) is 2.32. The standard InChI is InChI=1S/C15H19ClO3/c1-8-6-12(16)9(2)14(15(8)19-3)11(7-13(17)18)10-4-5-10/h6,10-11H,4-5,7H2,1-3H3,(H,17,18). The van der Waals surface area contributed by atoms with Gasteiger partial charge in [-0.15, -0.1) is 0 Å². The predicted molar refractivity (Wildman–Crippen MR) is 75.2 cm³/mol. The van der Waals surface area contributed by atoms with E-state index in [0.717, 1.165) is 35.3 Å². The molecule has 104 valence electrons. The van der Waals surface area contributed by atoms with E-state index in [1.165, 1.54) is 0 Å². The van der Waals surface area contributed by atoms with Gasteiger partial charge in [-0.05, 0) is 49.8 Å². The molecule has 0 aliphatic heterocycles. The number of ether oxygens (including phenoxy) is 1. The second-order valence-electron chi connectivity index (χ2n) is 5.29. The van der Waals surface area contributed by atoms with Crippen LogP contribution >= 0.6 is 11.6 Å². The van der Waals surface area contributed by atoms with Crippen molar-refractivity contribution in [3.8, 4) is 5.75 Å². The lowest BCUT2D eigenvalue weighted by Crippen LogP contribution is -2.12. The third kappa shape index (κ3) is 2.86. The molecule has 0 amide bonds. The molecule has 0 aromatic heterocycles. The van der Waals surface area contributed by atoms with Gasteiger partial charge in [-0.2, -0.15) is 0 Å². The van der Waals surface area contributed by atoms with Crippen molar-refractivity contribution in [2.24, 2.45) is 5.92 Å². The zero-order chi connectivity index (χ0) is 14.2. The number of methoxy groups -OCH3 is 1. The second-order valence-corrected chi connectivity index (χ2v) is 5.70. The smallest absolute Gasteiger partial charge is 0.303 e. The maximum atomic E-state index is 11.1. The molecule has 0 bridgehead atoms. The largest absolute Gasteiger partial charge is 0.496 e. The third-order valence-corrected chi connectivity index (χ3v) is 4.26. The molecule has 0 saturated heterocycles. The zero-order valence-corrected chi connectivity index (χ0v) is 12.3. The van der Waals surface area contributed by atoms with Gasteiger partial charge in [-0.25, -0.2) is 0 Å². The van der Waals surface area contributed by atoms with Gasteiger partial charge in [0.1, 0.15) is 5.75 Å². The van der Waals surface area contributed by atoms with E-state index >= 15 is 0 Å². The molecule has 1 aromatic carbocycles. The summed E-state index contributed by atoms with van der Waals surface area (Å²) in [5.41, 5.74) is 2.89. The topological polar surface area (TPSA) is 46.5 Å². The molecule has 1 fully saturated rings.